The molecule has 1 aromatic rings. The van der Waals surface area contributed by atoms with Crippen molar-refractivity contribution in [1.29, 1.82) is 0 Å². The fraction of sp³-hybridized carbons (Fsp3) is 0.333. The third-order valence-corrected chi connectivity index (χ3v) is 2.49. The lowest BCUT2D eigenvalue weighted by Crippen LogP contribution is -2.16. The zero-order valence-corrected chi connectivity index (χ0v) is 9.90. The van der Waals surface area contributed by atoms with Crippen molar-refractivity contribution in [3.05, 3.63) is 38.4 Å². The Labute approximate surface area is 102 Å². The number of pyridine rings is 1. The van der Waals surface area contributed by atoms with Gasteiger partial charge in [-0.3, -0.25) is 4.79 Å². The van der Waals surface area contributed by atoms with Gasteiger partial charge in [-0.2, -0.15) is 0 Å². The third kappa shape index (κ3) is 3.38. The normalized spacial score (nSPS) is 11.7. The number of halogens is 2. The molecule has 0 unspecified atom stereocenters. The maximum absolute atomic E-state index is 11.6. The molecule has 1 rings (SSSR count). The number of aromatic nitrogens is 1. The van der Waals surface area contributed by atoms with Gasteiger partial charge in [0.15, 0.2) is 0 Å². The molecule has 0 saturated heterocycles. The van der Waals surface area contributed by atoms with Crippen molar-refractivity contribution in [1.82, 2.24) is 4.98 Å². The van der Waals surface area contributed by atoms with E-state index in [0.717, 1.165) is 0 Å². The van der Waals surface area contributed by atoms with Gasteiger partial charge in [0.05, 0.1) is 6.04 Å². The van der Waals surface area contributed by atoms with Crippen LogP contribution in [-0.4, -0.2) is 16.8 Å². The summed E-state index contributed by atoms with van der Waals surface area (Å²) < 4.78 is 0. The van der Waals surface area contributed by atoms with Crippen LogP contribution in [0.1, 0.15) is 12.5 Å². The van der Waals surface area contributed by atoms with Crippen LogP contribution in [0.15, 0.2) is 17.2 Å². The van der Waals surface area contributed by atoms with Crippen molar-refractivity contribution in [2.24, 2.45) is 5.11 Å². The summed E-state index contributed by atoms with van der Waals surface area (Å²) in [6.07, 6.45) is 0.0726. The molecule has 0 aliphatic carbocycles. The smallest absolute Gasteiger partial charge is 0.145 e. The third-order valence-electron chi connectivity index (χ3n) is 1.95. The summed E-state index contributed by atoms with van der Waals surface area (Å²) in [5, 5.41) is 3.77. The molecule has 16 heavy (non-hydrogen) atoms. The minimum absolute atomic E-state index is 0.0726. The second kappa shape index (κ2) is 5.70. The first-order valence-electron chi connectivity index (χ1n) is 4.42. The molecule has 0 radical (unpaired) electrons. The second-order valence-electron chi connectivity index (χ2n) is 3.11. The Kier molecular flexibility index (Phi) is 4.55. The second-order valence-corrected chi connectivity index (χ2v) is 3.85. The Balaban J connectivity index is 2.81. The monoisotopic (exact) mass is 258 g/mol. The molecule has 0 amide bonds. The summed E-state index contributed by atoms with van der Waals surface area (Å²) >= 11 is 11.4. The van der Waals surface area contributed by atoms with Crippen LogP contribution in [0.2, 0.25) is 10.3 Å². The van der Waals surface area contributed by atoms with Crippen molar-refractivity contribution in [2.45, 2.75) is 19.4 Å². The van der Waals surface area contributed by atoms with E-state index < -0.39 is 6.04 Å². The zero-order chi connectivity index (χ0) is 12.1. The molecule has 0 aliphatic rings. The van der Waals surface area contributed by atoms with Crippen LogP contribution in [0.25, 0.3) is 10.4 Å². The van der Waals surface area contributed by atoms with Crippen LogP contribution in [0.5, 0.6) is 0 Å². The highest BCUT2D eigenvalue weighted by molar-refractivity contribution is 6.33. The van der Waals surface area contributed by atoms with E-state index in [9.17, 15) is 4.79 Å². The van der Waals surface area contributed by atoms with Crippen molar-refractivity contribution in [3.8, 4) is 0 Å². The van der Waals surface area contributed by atoms with Gasteiger partial charge in [-0.05, 0) is 24.1 Å². The Hall–Kier alpha value is -1.29. The molecule has 0 fully saturated rings. The minimum atomic E-state index is -0.711. The molecule has 0 bridgehead atoms. The Bertz CT molecular complexity index is 457. The van der Waals surface area contributed by atoms with E-state index in [-0.39, 0.29) is 22.5 Å². The maximum Gasteiger partial charge on any atom is 0.145 e. The number of carbonyl (C=O) groups is 1. The van der Waals surface area contributed by atoms with Crippen molar-refractivity contribution in [3.63, 3.8) is 0 Å². The Morgan fingerprint density at radius 3 is 2.88 bits per heavy atom. The summed E-state index contributed by atoms with van der Waals surface area (Å²) in [5.41, 5.74) is 8.76. The average molecular weight is 259 g/mol. The van der Waals surface area contributed by atoms with Gasteiger partial charge in [0.2, 0.25) is 0 Å². The number of Topliss-reactive ketones (excluding diaryl/α,β-unsaturated/α-hetero) is 1. The van der Waals surface area contributed by atoms with Crippen LogP contribution < -0.4 is 0 Å². The highest BCUT2D eigenvalue weighted by Gasteiger charge is 2.14. The highest BCUT2D eigenvalue weighted by Crippen LogP contribution is 2.17. The van der Waals surface area contributed by atoms with Gasteiger partial charge in [-0.25, -0.2) is 4.98 Å². The van der Waals surface area contributed by atoms with E-state index in [1.807, 2.05) is 0 Å². The van der Waals surface area contributed by atoms with E-state index in [2.05, 4.69) is 15.0 Å². The van der Waals surface area contributed by atoms with E-state index in [0.29, 0.717) is 5.56 Å². The van der Waals surface area contributed by atoms with Gasteiger partial charge < -0.3 is 0 Å². The fourth-order valence-electron chi connectivity index (χ4n) is 1.05. The topological polar surface area (TPSA) is 78.7 Å². The van der Waals surface area contributed by atoms with Crippen molar-refractivity contribution < 1.29 is 4.79 Å². The highest BCUT2D eigenvalue weighted by atomic mass is 35.5. The number of hydrogen-bond acceptors (Lipinski definition) is 3. The first-order valence-corrected chi connectivity index (χ1v) is 5.18. The van der Waals surface area contributed by atoms with Crippen LogP contribution in [-0.2, 0) is 11.2 Å². The van der Waals surface area contributed by atoms with Gasteiger partial charge in [0.1, 0.15) is 16.1 Å². The lowest BCUT2D eigenvalue weighted by molar-refractivity contribution is -0.119. The largest absolute Gasteiger partial charge is 0.299 e. The summed E-state index contributed by atoms with van der Waals surface area (Å²) in [5.74, 6) is -0.219. The first kappa shape index (κ1) is 12.8. The molecule has 0 saturated carbocycles. The maximum atomic E-state index is 11.6. The molecule has 1 heterocycles. The lowest BCUT2D eigenvalue weighted by atomic mass is 10.1. The summed E-state index contributed by atoms with van der Waals surface area (Å²) in [4.78, 5) is 17.9. The molecular formula is C9H8Cl2N4O. The standard InChI is InChI=1S/C9H8Cl2N4O/c1-5(14-15-12)7(16)4-6-2-3-8(10)13-9(6)11/h2-3,5H,4H2,1H3/t5-/m1/s1. The number of azide groups is 1. The molecule has 5 nitrogen and oxygen atoms in total. The Morgan fingerprint density at radius 2 is 2.31 bits per heavy atom. The van der Waals surface area contributed by atoms with Crippen molar-refractivity contribution in [2.75, 3.05) is 0 Å². The van der Waals surface area contributed by atoms with E-state index in [1.165, 1.54) is 6.92 Å². The predicted molar refractivity (Wildman–Crippen MR) is 61.6 cm³/mol. The first-order chi connectivity index (χ1) is 7.54. The quantitative estimate of drug-likeness (QED) is 0.360. The van der Waals surface area contributed by atoms with Gasteiger partial charge >= 0.3 is 0 Å². The molecule has 84 valence electrons. The van der Waals surface area contributed by atoms with Crippen LogP contribution in [0, 0.1) is 0 Å². The van der Waals surface area contributed by atoms with Gasteiger partial charge in [-0.1, -0.05) is 34.4 Å². The molecule has 0 aromatic carbocycles. The molecule has 0 aliphatic heterocycles. The fourth-order valence-corrected chi connectivity index (χ4v) is 1.46. The lowest BCUT2D eigenvalue weighted by Gasteiger charge is -2.05. The number of rotatable bonds is 4. The number of carbonyl (C=O) groups excluding carboxylic acids is 1. The Morgan fingerprint density at radius 1 is 1.62 bits per heavy atom. The molecule has 1 aromatic heterocycles. The summed E-state index contributed by atoms with van der Waals surface area (Å²) in [6.45, 7) is 1.53. The summed E-state index contributed by atoms with van der Waals surface area (Å²) in [6, 6.07) is 2.46. The molecule has 0 N–H and O–H groups in total. The van der Waals surface area contributed by atoms with E-state index in [1.54, 1.807) is 12.1 Å². The number of ketones is 1. The number of nitrogens with zero attached hydrogens (tertiary/aromatic N) is 4. The average Bonchev–Trinajstić information content (AvgIpc) is 2.22. The van der Waals surface area contributed by atoms with E-state index in [4.69, 9.17) is 28.7 Å². The van der Waals surface area contributed by atoms with Gasteiger partial charge in [0, 0.05) is 11.3 Å². The van der Waals surface area contributed by atoms with Gasteiger partial charge in [-0.15, -0.1) is 0 Å². The van der Waals surface area contributed by atoms with Gasteiger partial charge in [0.25, 0.3) is 0 Å². The number of hydrogen-bond donors (Lipinski definition) is 0. The molecule has 0 spiro atoms. The molecular weight excluding hydrogens is 251 g/mol. The molecule has 7 heteroatoms. The zero-order valence-electron chi connectivity index (χ0n) is 8.39. The minimum Gasteiger partial charge on any atom is -0.299 e. The van der Waals surface area contributed by atoms with Crippen LogP contribution in [0.3, 0.4) is 0 Å². The summed E-state index contributed by atoms with van der Waals surface area (Å²) in [7, 11) is 0. The SMILES string of the molecule is C[C@@H](N=[N+]=[N-])C(=O)Cc1ccc(Cl)nc1Cl. The van der Waals surface area contributed by atoms with Crippen LogP contribution in [0.4, 0.5) is 0 Å². The van der Waals surface area contributed by atoms with Crippen LogP contribution >= 0.6 is 23.2 Å². The molecule has 1 atom stereocenters. The van der Waals surface area contributed by atoms with E-state index >= 15 is 0 Å². The predicted octanol–water partition coefficient (Wildman–Crippen LogP) is 3.20. The van der Waals surface area contributed by atoms with Crippen molar-refractivity contribution >= 4 is 29.0 Å².